The standard InChI is InChI=1S/C9H16FNO2/c1-7(9(12)13)11-4-2-8(6-10)3-5-11/h7-8H,2-6H2,1H3,(H,12,13)/t7-/m0/s1. The molecule has 0 spiro atoms. The number of piperidine rings is 1. The van der Waals surface area contributed by atoms with Crippen molar-refractivity contribution >= 4 is 5.97 Å². The number of carboxylic acid groups (broad SMARTS) is 1. The maximum absolute atomic E-state index is 12.2. The summed E-state index contributed by atoms with van der Waals surface area (Å²) in [7, 11) is 0. The molecule has 0 amide bonds. The zero-order chi connectivity index (χ0) is 9.84. The first kappa shape index (κ1) is 10.4. The van der Waals surface area contributed by atoms with Gasteiger partial charge in [-0.25, -0.2) is 0 Å². The molecule has 76 valence electrons. The number of carboxylic acids is 1. The van der Waals surface area contributed by atoms with Gasteiger partial charge in [-0.2, -0.15) is 0 Å². The number of carbonyl (C=O) groups is 1. The SMILES string of the molecule is C[C@@H](C(=O)O)N1CCC(CF)CC1. The van der Waals surface area contributed by atoms with Crippen LogP contribution in [0.1, 0.15) is 19.8 Å². The third kappa shape index (κ3) is 2.66. The van der Waals surface area contributed by atoms with E-state index in [0.29, 0.717) is 13.1 Å². The molecule has 1 aliphatic rings. The van der Waals surface area contributed by atoms with Crippen molar-refractivity contribution in [2.75, 3.05) is 19.8 Å². The molecule has 1 aliphatic heterocycles. The smallest absolute Gasteiger partial charge is 0.320 e. The van der Waals surface area contributed by atoms with Gasteiger partial charge >= 0.3 is 5.97 Å². The fraction of sp³-hybridized carbons (Fsp3) is 0.889. The number of aliphatic carboxylic acids is 1. The highest BCUT2D eigenvalue weighted by atomic mass is 19.1. The topological polar surface area (TPSA) is 40.5 Å². The van der Waals surface area contributed by atoms with E-state index in [1.54, 1.807) is 6.92 Å². The third-order valence-electron chi connectivity index (χ3n) is 2.77. The average molecular weight is 189 g/mol. The number of hydrogen-bond donors (Lipinski definition) is 1. The average Bonchev–Trinajstić information content (AvgIpc) is 2.17. The lowest BCUT2D eigenvalue weighted by atomic mass is 9.97. The zero-order valence-electron chi connectivity index (χ0n) is 7.87. The molecule has 1 heterocycles. The molecule has 0 aromatic carbocycles. The Hall–Kier alpha value is -0.640. The predicted molar refractivity (Wildman–Crippen MR) is 47.4 cm³/mol. The van der Waals surface area contributed by atoms with Crippen LogP contribution in [0.5, 0.6) is 0 Å². The van der Waals surface area contributed by atoms with E-state index in [1.165, 1.54) is 0 Å². The van der Waals surface area contributed by atoms with E-state index in [1.807, 2.05) is 4.90 Å². The van der Waals surface area contributed by atoms with E-state index >= 15 is 0 Å². The van der Waals surface area contributed by atoms with Crippen LogP contribution in [-0.4, -0.2) is 41.8 Å². The second-order valence-electron chi connectivity index (χ2n) is 3.65. The summed E-state index contributed by atoms with van der Waals surface area (Å²) in [5.41, 5.74) is 0. The number of likely N-dealkylation sites (tertiary alicyclic amines) is 1. The van der Waals surface area contributed by atoms with Crippen LogP contribution in [0.3, 0.4) is 0 Å². The van der Waals surface area contributed by atoms with E-state index < -0.39 is 12.0 Å². The summed E-state index contributed by atoms with van der Waals surface area (Å²) in [6.45, 7) is 2.83. The van der Waals surface area contributed by atoms with Crippen LogP contribution in [0, 0.1) is 5.92 Å². The Morgan fingerprint density at radius 2 is 2.15 bits per heavy atom. The molecule has 0 aromatic rings. The Morgan fingerprint density at radius 3 is 2.54 bits per heavy atom. The maximum atomic E-state index is 12.2. The Bertz CT molecular complexity index is 178. The fourth-order valence-electron chi connectivity index (χ4n) is 1.65. The summed E-state index contributed by atoms with van der Waals surface area (Å²) in [6.07, 6.45) is 1.57. The van der Waals surface area contributed by atoms with Gasteiger partial charge in [-0.05, 0) is 38.8 Å². The van der Waals surface area contributed by atoms with E-state index in [4.69, 9.17) is 5.11 Å². The van der Waals surface area contributed by atoms with E-state index in [2.05, 4.69) is 0 Å². The summed E-state index contributed by atoms with van der Waals surface area (Å²) >= 11 is 0. The van der Waals surface area contributed by atoms with Gasteiger partial charge in [0, 0.05) is 0 Å². The second-order valence-corrected chi connectivity index (χ2v) is 3.65. The van der Waals surface area contributed by atoms with Gasteiger partial charge in [0.1, 0.15) is 6.04 Å². The second kappa shape index (κ2) is 4.56. The number of alkyl halides is 1. The molecule has 3 nitrogen and oxygen atoms in total. The summed E-state index contributed by atoms with van der Waals surface area (Å²) in [5, 5.41) is 8.74. The minimum absolute atomic E-state index is 0.150. The monoisotopic (exact) mass is 189 g/mol. The molecular formula is C9H16FNO2. The Morgan fingerprint density at radius 1 is 1.62 bits per heavy atom. The molecule has 13 heavy (non-hydrogen) atoms. The van der Waals surface area contributed by atoms with Gasteiger partial charge in [0.15, 0.2) is 0 Å². The van der Waals surface area contributed by atoms with Gasteiger partial charge in [0.2, 0.25) is 0 Å². The quantitative estimate of drug-likeness (QED) is 0.723. The molecule has 1 saturated heterocycles. The summed E-state index contributed by atoms with van der Waals surface area (Å²) in [6, 6.07) is -0.430. The molecule has 0 bridgehead atoms. The van der Waals surface area contributed by atoms with Crippen molar-refractivity contribution in [1.82, 2.24) is 4.90 Å². The van der Waals surface area contributed by atoms with Gasteiger partial charge in [0.25, 0.3) is 0 Å². The van der Waals surface area contributed by atoms with E-state index in [0.717, 1.165) is 12.8 Å². The molecule has 1 atom stereocenters. The van der Waals surface area contributed by atoms with Crippen molar-refractivity contribution in [2.45, 2.75) is 25.8 Å². The minimum Gasteiger partial charge on any atom is -0.480 e. The van der Waals surface area contributed by atoms with E-state index in [-0.39, 0.29) is 12.6 Å². The Kier molecular flexibility index (Phi) is 3.66. The fourth-order valence-corrected chi connectivity index (χ4v) is 1.65. The van der Waals surface area contributed by atoms with Crippen molar-refractivity contribution in [2.24, 2.45) is 5.92 Å². The third-order valence-corrected chi connectivity index (χ3v) is 2.77. The molecule has 0 aromatic heterocycles. The van der Waals surface area contributed by atoms with Gasteiger partial charge in [-0.15, -0.1) is 0 Å². The highest BCUT2D eigenvalue weighted by Gasteiger charge is 2.25. The maximum Gasteiger partial charge on any atom is 0.320 e. The lowest BCUT2D eigenvalue weighted by molar-refractivity contribution is -0.143. The summed E-state index contributed by atoms with van der Waals surface area (Å²) in [5.74, 6) is -0.643. The lowest BCUT2D eigenvalue weighted by Crippen LogP contribution is -2.44. The normalized spacial score (nSPS) is 22.9. The van der Waals surface area contributed by atoms with Crippen LogP contribution in [0.2, 0.25) is 0 Å². The van der Waals surface area contributed by atoms with Crippen LogP contribution in [0.15, 0.2) is 0 Å². The molecule has 1 rings (SSSR count). The zero-order valence-corrected chi connectivity index (χ0v) is 7.87. The molecule has 0 aliphatic carbocycles. The van der Waals surface area contributed by atoms with Crippen molar-refractivity contribution in [1.29, 1.82) is 0 Å². The molecular weight excluding hydrogens is 173 g/mol. The first-order valence-electron chi connectivity index (χ1n) is 4.68. The van der Waals surface area contributed by atoms with Gasteiger partial charge in [-0.1, -0.05) is 0 Å². The minimum atomic E-state index is -0.793. The van der Waals surface area contributed by atoms with Gasteiger partial charge in [0.05, 0.1) is 6.67 Å². The molecule has 1 N–H and O–H groups in total. The van der Waals surface area contributed by atoms with Crippen LogP contribution in [-0.2, 0) is 4.79 Å². The largest absolute Gasteiger partial charge is 0.480 e. The van der Waals surface area contributed by atoms with Crippen LogP contribution in [0.25, 0.3) is 0 Å². The van der Waals surface area contributed by atoms with Crippen molar-refractivity contribution in [3.63, 3.8) is 0 Å². The predicted octanol–water partition coefficient (Wildman–Crippen LogP) is 1.14. The first-order chi connectivity index (χ1) is 6.15. The van der Waals surface area contributed by atoms with Crippen LogP contribution >= 0.6 is 0 Å². The first-order valence-corrected chi connectivity index (χ1v) is 4.68. The van der Waals surface area contributed by atoms with Crippen LogP contribution in [0.4, 0.5) is 4.39 Å². The number of hydrogen-bond acceptors (Lipinski definition) is 2. The van der Waals surface area contributed by atoms with Gasteiger partial charge in [-0.3, -0.25) is 14.1 Å². The lowest BCUT2D eigenvalue weighted by Gasteiger charge is -2.33. The highest BCUT2D eigenvalue weighted by Crippen LogP contribution is 2.19. The van der Waals surface area contributed by atoms with Crippen LogP contribution < -0.4 is 0 Å². The van der Waals surface area contributed by atoms with Crippen molar-refractivity contribution in [3.05, 3.63) is 0 Å². The summed E-state index contributed by atoms with van der Waals surface area (Å²) < 4.78 is 12.2. The van der Waals surface area contributed by atoms with Gasteiger partial charge < -0.3 is 5.11 Å². The Balaban J connectivity index is 2.36. The summed E-state index contributed by atoms with van der Waals surface area (Å²) in [4.78, 5) is 12.5. The van der Waals surface area contributed by atoms with Crippen molar-refractivity contribution in [3.8, 4) is 0 Å². The number of rotatable bonds is 3. The molecule has 1 fully saturated rings. The Labute approximate surface area is 77.5 Å². The molecule has 0 unspecified atom stereocenters. The van der Waals surface area contributed by atoms with E-state index in [9.17, 15) is 9.18 Å². The molecule has 4 heteroatoms. The number of nitrogens with zero attached hydrogens (tertiary/aromatic N) is 1. The van der Waals surface area contributed by atoms with Crippen molar-refractivity contribution < 1.29 is 14.3 Å². The molecule has 0 radical (unpaired) electrons. The number of halogens is 1. The highest BCUT2D eigenvalue weighted by molar-refractivity contribution is 5.72. The molecule has 0 saturated carbocycles.